The van der Waals surface area contributed by atoms with Gasteiger partial charge < -0.3 is 15.8 Å². The molecule has 3 aromatic rings. The number of ether oxygens (including phenoxy) is 1. The van der Waals surface area contributed by atoms with Crippen LogP contribution in [-0.4, -0.2) is 15.7 Å². The Morgan fingerprint density at radius 1 is 1.13 bits per heavy atom. The van der Waals surface area contributed by atoms with Crippen LogP contribution in [0.5, 0.6) is 11.5 Å². The molecule has 0 radical (unpaired) electrons. The zero-order valence-electron chi connectivity index (χ0n) is 12.6. The monoisotopic (exact) mass is 308 g/mol. The number of benzene rings is 2. The summed E-state index contributed by atoms with van der Waals surface area (Å²) in [5, 5.41) is 6.85. The molecule has 0 aliphatic carbocycles. The number of carbonyl (C=O) groups is 1. The van der Waals surface area contributed by atoms with E-state index in [0.29, 0.717) is 28.6 Å². The molecule has 23 heavy (non-hydrogen) atoms. The van der Waals surface area contributed by atoms with Gasteiger partial charge in [-0.1, -0.05) is 6.07 Å². The normalized spacial score (nSPS) is 10.3. The standard InChI is InChI=1S/C17H16N4O2/c1-21-10-9-16(20-21)19-17(22)12-3-2-4-15(11-12)23-14-7-5-13(18)6-8-14/h2-11H,18H2,1H3,(H,19,20,22). The Bertz CT molecular complexity index is 825. The molecule has 3 rings (SSSR count). The van der Waals surface area contributed by atoms with Crippen molar-refractivity contribution in [3.63, 3.8) is 0 Å². The number of anilines is 2. The molecule has 0 saturated carbocycles. The minimum absolute atomic E-state index is 0.244. The molecule has 2 aromatic carbocycles. The zero-order valence-corrected chi connectivity index (χ0v) is 12.6. The van der Waals surface area contributed by atoms with Gasteiger partial charge in [0.1, 0.15) is 11.5 Å². The van der Waals surface area contributed by atoms with E-state index in [1.807, 2.05) is 0 Å². The maximum Gasteiger partial charge on any atom is 0.256 e. The van der Waals surface area contributed by atoms with Crippen LogP contribution in [-0.2, 0) is 7.05 Å². The lowest BCUT2D eigenvalue weighted by Crippen LogP contribution is -2.12. The van der Waals surface area contributed by atoms with E-state index in [-0.39, 0.29) is 5.91 Å². The number of hydrogen-bond acceptors (Lipinski definition) is 4. The number of hydrogen-bond donors (Lipinski definition) is 2. The molecule has 1 aromatic heterocycles. The molecule has 0 saturated heterocycles. The summed E-state index contributed by atoms with van der Waals surface area (Å²) in [6.07, 6.45) is 1.76. The maximum atomic E-state index is 12.2. The number of nitrogens with zero attached hydrogens (tertiary/aromatic N) is 2. The first-order chi connectivity index (χ1) is 11.1. The molecular formula is C17H16N4O2. The summed E-state index contributed by atoms with van der Waals surface area (Å²) < 4.78 is 7.34. The first-order valence-electron chi connectivity index (χ1n) is 7.04. The summed E-state index contributed by atoms with van der Waals surface area (Å²) in [5.41, 5.74) is 6.80. The maximum absolute atomic E-state index is 12.2. The van der Waals surface area contributed by atoms with Gasteiger partial charge in [0.05, 0.1) is 0 Å². The van der Waals surface area contributed by atoms with Gasteiger partial charge >= 0.3 is 0 Å². The number of amides is 1. The second-order valence-electron chi connectivity index (χ2n) is 5.03. The lowest BCUT2D eigenvalue weighted by atomic mass is 10.2. The molecule has 0 aliphatic heterocycles. The molecule has 116 valence electrons. The van der Waals surface area contributed by atoms with E-state index in [1.54, 1.807) is 72.5 Å². The number of nitrogen functional groups attached to an aromatic ring is 1. The van der Waals surface area contributed by atoms with Gasteiger partial charge in [-0.3, -0.25) is 9.48 Å². The van der Waals surface area contributed by atoms with E-state index in [2.05, 4.69) is 10.4 Å². The minimum atomic E-state index is -0.244. The van der Waals surface area contributed by atoms with Crippen LogP contribution in [0.1, 0.15) is 10.4 Å². The highest BCUT2D eigenvalue weighted by molar-refractivity contribution is 6.03. The molecule has 0 unspecified atom stereocenters. The SMILES string of the molecule is Cn1ccc(NC(=O)c2cccc(Oc3ccc(N)cc3)c2)n1. The minimum Gasteiger partial charge on any atom is -0.457 e. The van der Waals surface area contributed by atoms with Crippen molar-refractivity contribution in [3.8, 4) is 11.5 Å². The van der Waals surface area contributed by atoms with Crippen LogP contribution in [0.25, 0.3) is 0 Å². The highest BCUT2D eigenvalue weighted by Crippen LogP contribution is 2.23. The van der Waals surface area contributed by atoms with Gasteiger partial charge in [-0.2, -0.15) is 5.10 Å². The second-order valence-corrected chi connectivity index (χ2v) is 5.03. The van der Waals surface area contributed by atoms with Crippen LogP contribution in [0.4, 0.5) is 11.5 Å². The van der Waals surface area contributed by atoms with E-state index in [4.69, 9.17) is 10.5 Å². The van der Waals surface area contributed by atoms with Gasteiger partial charge in [-0.25, -0.2) is 0 Å². The topological polar surface area (TPSA) is 82.2 Å². The Kier molecular flexibility index (Phi) is 3.97. The summed E-state index contributed by atoms with van der Waals surface area (Å²) in [6, 6.07) is 15.7. The number of aromatic nitrogens is 2. The Morgan fingerprint density at radius 3 is 2.61 bits per heavy atom. The highest BCUT2D eigenvalue weighted by atomic mass is 16.5. The number of nitrogens with one attached hydrogen (secondary N) is 1. The van der Waals surface area contributed by atoms with E-state index in [1.165, 1.54) is 0 Å². The third-order valence-corrected chi connectivity index (χ3v) is 3.17. The molecule has 6 heteroatoms. The summed E-state index contributed by atoms with van der Waals surface area (Å²) in [6.45, 7) is 0. The molecule has 3 N–H and O–H groups in total. The second kappa shape index (κ2) is 6.23. The molecule has 0 aliphatic rings. The first kappa shape index (κ1) is 14.6. The lowest BCUT2D eigenvalue weighted by Gasteiger charge is -2.08. The van der Waals surface area contributed by atoms with Crippen LogP contribution in [0.3, 0.4) is 0 Å². The summed E-state index contributed by atoms with van der Waals surface area (Å²) in [5.74, 6) is 1.48. The van der Waals surface area contributed by atoms with Gasteiger partial charge in [-0.15, -0.1) is 0 Å². The molecular weight excluding hydrogens is 292 g/mol. The molecule has 0 bridgehead atoms. The van der Waals surface area contributed by atoms with Crippen molar-refractivity contribution in [2.24, 2.45) is 7.05 Å². The Balaban J connectivity index is 1.73. The van der Waals surface area contributed by atoms with Crippen molar-refractivity contribution in [1.29, 1.82) is 0 Å². The summed E-state index contributed by atoms with van der Waals surface area (Å²) in [7, 11) is 1.79. The lowest BCUT2D eigenvalue weighted by molar-refractivity contribution is 0.102. The Morgan fingerprint density at radius 2 is 1.91 bits per heavy atom. The molecule has 0 atom stereocenters. The molecule has 1 amide bonds. The van der Waals surface area contributed by atoms with Gasteiger partial charge in [0.2, 0.25) is 0 Å². The van der Waals surface area contributed by atoms with Crippen LogP contribution in [0, 0.1) is 0 Å². The van der Waals surface area contributed by atoms with Crippen LogP contribution in [0.2, 0.25) is 0 Å². The van der Waals surface area contributed by atoms with Crippen molar-refractivity contribution in [2.75, 3.05) is 11.1 Å². The van der Waals surface area contributed by atoms with E-state index in [9.17, 15) is 4.79 Å². The number of nitrogens with two attached hydrogens (primary N) is 1. The fourth-order valence-electron chi connectivity index (χ4n) is 2.04. The van der Waals surface area contributed by atoms with E-state index >= 15 is 0 Å². The van der Waals surface area contributed by atoms with E-state index < -0.39 is 0 Å². The van der Waals surface area contributed by atoms with Gasteiger partial charge in [-0.05, 0) is 42.5 Å². The summed E-state index contributed by atoms with van der Waals surface area (Å²) in [4.78, 5) is 12.2. The van der Waals surface area contributed by atoms with Crippen molar-refractivity contribution < 1.29 is 9.53 Å². The smallest absolute Gasteiger partial charge is 0.256 e. The van der Waals surface area contributed by atoms with Crippen molar-refractivity contribution in [3.05, 3.63) is 66.4 Å². The van der Waals surface area contributed by atoms with Crippen LogP contribution >= 0.6 is 0 Å². The fourth-order valence-corrected chi connectivity index (χ4v) is 2.04. The Hall–Kier alpha value is -3.28. The average molecular weight is 308 g/mol. The van der Waals surface area contributed by atoms with Gasteiger partial charge in [0.25, 0.3) is 5.91 Å². The Labute approximate surface area is 133 Å². The summed E-state index contributed by atoms with van der Waals surface area (Å²) >= 11 is 0. The number of carbonyl (C=O) groups excluding carboxylic acids is 1. The highest BCUT2D eigenvalue weighted by Gasteiger charge is 2.09. The van der Waals surface area contributed by atoms with E-state index in [0.717, 1.165) is 0 Å². The van der Waals surface area contributed by atoms with Gasteiger partial charge in [0, 0.05) is 30.6 Å². The largest absolute Gasteiger partial charge is 0.457 e. The first-order valence-corrected chi connectivity index (χ1v) is 7.04. The molecule has 6 nitrogen and oxygen atoms in total. The van der Waals surface area contributed by atoms with Crippen LogP contribution < -0.4 is 15.8 Å². The van der Waals surface area contributed by atoms with Crippen molar-refractivity contribution in [2.45, 2.75) is 0 Å². The van der Waals surface area contributed by atoms with Crippen LogP contribution in [0.15, 0.2) is 60.8 Å². The number of aryl methyl sites for hydroxylation is 1. The fraction of sp³-hybridized carbons (Fsp3) is 0.0588. The predicted octanol–water partition coefficient (Wildman–Crippen LogP) is 3.05. The number of rotatable bonds is 4. The van der Waals surface area contributed by atoms with Crippen molar-refractivity contribution >= 4 is 17.4 Å². The predicted molar refractivity (Wildman–Crippen MR) is 88.5 cm³/mol. The third kappa shape index (κ3) is 3.68. The average Bonchev–Trinajstić information content (AvgIpc) is 2.95. The molecule has 0 spiro atoms. The third-order valence-electron chi connectivity index (χ3n) is 3.17. The molecule has 1 heterocycles. The van der Waals surface area contributed by atoms with Crippen molar-refractivity contribution in [1.82, 2.24) is 9.78 Å². The quantitative estimate of drug-likeness (QED) is 0.726. The van der Waals surface area contributed by atoms with Gasteiger partial charge in [0.15, 0.2) is 5.82 Å². The molecule has 0 fully saturated rings. The zero-order chi connectivity index (χ0) is 16.2.